The Morgan fingerprint density at radius 3 is 2.27 bits per heavy atom. The third-order valence-corrected chi connectivity index (χ3v) is 1.54. The first kappa shape index (κ1) is 11.0. The molecule has 6 nitrogen and oxygen atoms in total. The van der Waals surface area contributed by atoms with Crippen molar-refractivity contribution >= 4 is 17.8 Å². The lowest BCUT2D eigenvalue weighted by molar-refractivity contribution is 1.01. The quantitative estimate of drug-likeness (QED) is 0.605. The van der Waals surface area contributed by atoms with Crippen LogP contribution in [0.4, 0.5) is 17.8 Å². The first-order valence-corrected chi connectivity index (χ1v) is 4.65. The molecular weight excluding hydrogens is 192 g/mol. The van der Waals surface area contributed by atoms with E-state index in [1.807, 2.05) is 6.92 Å². The molecule has 80 valence electrons. The minimum Gasteiger partial charge on any atom is -0.357 e. The maximum Gasteiger partial charge on any atom is 0.230 e. The van der Waals surface area contributed by atoms with Gasteiger partial charge in [-0.15, -0.1) is 6.42 Å². The number of anilines is 3. The SMILES string of the molecule is C#CCNc1nc(NC)nc(NCC)n1. The van der Waals surface area contributed by atoms with E-state index < -0.39 is 0 Å². The van der Waals surface area contributed by atoms with Gasteiger partial charge in [0.1, 0.15) is 0 Å². The molecule has 0 fully saturated rings. The minimum absolute atomic E-state index is 0.388. The highest BCUT2D eigenvalue weighted by atomic mass is 15.3. The Hall–Kier alpha value is -2.03. The van der Waals surface area contributed by atoms with Gasteiger partial charge < -0.3 is 16.0 Å². The molecule has 15 heavy (non-hydrogen) atoms. The largest absolute Gasteiger partial charge is 0.357 e. The molecule has 0 aromatic carbocycles. The lowest BCUT2D eigenvalue weighted by Crippen LogP contribution is -2.11. The van der Waals surface area contributed by atoms with Gasteiger partial charge in [-0.1, -0.05) is 5.92 Å². The van der Waals surface area contributed by atoms with Crippen LogP contribution in [0.3, 0.4) is 0 Å². The molecule has 0 saturated carbocycles. The number of nitrogens with zero attached hydrogens (tertiary/aromatic N) is 3. The predicted octanol–water partition coefficient (Wildman–Crippen LogP) is 0.390. The van der Waals surface area contributed by atoms with E-state index in [2.05, 4.69) is 36.8 Å². The van der Waals surface area contributed by atoms with Crippen LogP contribution in [0.25, 0.3) is 0 Å². The fourth-order valence-electron chi connectivity index (χ4n) is 0.934. The molecule has 0 radical (unpaired) electrons. The second-order valence-corrected chi connectivity index (χ2v) is 2.64. The fourth-order valence-corrected chi connectivity index (χ4v) is 0.934. The van der Waals surface area contributed by atoms with Crippen molar-refractivity contribution in [2.75, 3.05) is 36.1 Å². The van der Waals surface area contributed by atoms with E-state index in [4.69, 9.17) is 6.42 Å². The Morgan fingerprint density at radius 1 is 1.13 bits per heavy atom. The van der Waals surface area contributed by atoms with Gasteiger partial charge in [0, 0.05) is 13.6 Å². The monoisotopic (exact) mass is 206 g/mol. The molecule has 0 unspecified atom stereocenters. The zero-order valence-corrected chi connectivity index (χ0v) is 8.83. The van der Waals surface area contributed by atoms with Crippen molar-refractivity contribution in [2.45, 2.75) is 6.92 Å². The highest BCUT2D eigenvalue weighted by Crippen LogP contribution is 2.07. The molecule has 0 saturated heterocycles. The van der Waals surface area contributed by atoms with E-state index in [-0.39, 0.29) is 0 Å². The van der Waals surface area contributed by atoms with Gasteiger partial charge in [-0.25, -0.2) is 0 Å². The molecule has 0 aliphatic rings. The first-order chi connectivity index (χ1) is 7.30. The zero-order chi connectivity index (χ0) is 11.1. The van der Waals surface area contributed by atoms with E-state index >= 15 is 0 Å². The number of nitrogens with one attached hydrogen (secondary N) is 3. The lowest BCUT2D eigenvalue weighted by Gasteiger charge is -2.07. The summed E-state index contributed by atoms with van der Waals surface area (Å²) in [4.78, 5) is 12.3. The van der Waals surface area contributed by atoms with Crippen molar-refractivity contribution in [3.63, 3.8) is 0 Å². The maximum absolute atomic E-state index is 5.13. The summed E-state index contributed by atoms with van der Waals surface area (Å²) >= 11 is 0. The second kappa shape index (κ2) is 5.65. The van der Waals surface area contributed by atoms with Crippen molar-refractivity contribution in [2.24, 2.45) is 0 Å². The molecule has 3 N–H and O–H groups in total. The van der Waals surface area contributed by atoms with Crippen LogP contribution >= 0.6 is 0 Å². The number of rotatable bonds is 5. The van der Waals surface area contributed by atoms with Gasteiger partial charge >= 0.3 is 0 Å². The molecule has 0 aliphatic heterocycles. The fraction of sp³-hybridized carbons (Fsp3) is 0.444. The molecule has 1 heterocycles. The Kier molecular flexibility index (Phi) is 4.16. The molecule has 0 aliphatic carbocycles. The van der Waals surface area contributed by atoms with Crippen LogP contribution < -0.4 is 16.0 Å². The normalized spacial score (nSPS) is 9.13. The summed E-state index contributed by atoms with van der Waals surface area (Å²) in [6.07, 6.45) is 5.13. The summed E-state index contributed by atoms with van der Waals surface area (Å²) in [6, 6.07) is 0. The third-order valence-electron chi connectivity index (χ3n) is 1.54. The number of terminal acetylenes is 1. The standard InChI is InChI=1S/C9H14N6/c1-4-6-12-9-14-7(10-3)13-8(15-9)11-5-2/h1H,5-6H2,2-3H3,(H3,10,11,12,13,14,15). The first-order valence-electron chi connectivity index (χ1n) is 4.65. The van der Waals surface area contributed by atoms with E-state index in [0.717, 1.165) is 6.54 Å². The van der Waals surface area contributed by atoms with E-state index in [1.54, 1.807) is 7.05 Å². The van der Waals surface area contributed by atoms with Gasteiger partial charge in [0.15, 0.2) is 0 Å². The van der Waals surface area contributed by atoms with Crippen molar-refractivity contribution in [3.05, 3.63) is 0 Å². The Bertz CT molecular complexity index is 356. The van der Waals surface area contributed by atoms with Crippen LogP contribution in [0.15, 0.2) is 0 Å². The van der Waals surface area contributed by atoms with Crippen LogP contribution in [0.1, 0.15) is 6.92 Å². The van der Waals surface area contributed by atoms with Crippen LogP contribution in [0, 0.1) is 12.3 Å². The van der Waals surface area contributed by atoms with E-state index in [9.17, 15) is 0 Å². The smallest absolute Gasteiger partial charge is 0.230 e. The molecule has 0 atom stereocenters. The number of hydrogen-bond acceptors (Lipinski definition) is 6. The molecule has 1 aromatic rings. The van der Waals surface area contributed by atoms with Crippen LogP contribution in [-0.2, 0) is 0 Å². The van der Waals surface area contributed by atoms with Crippen LogP contribution in [0.2, 0.25) is 0 Å². The van der Waals surface area contributed by atoms with Gasteiger partial charge in [0.25, 0.3) is 0 Å². The molecular formula is C9H14N6. The highest BCUT2D eigenvalue weighted by molar-refractivity contribution is 5.42. The molecule has 0 amide bonds. The van der Waals surface area contributed by atoms with Gasteiger partial charge in [-0.05, 0) is 6.92 Å². The summed E-state index contributed by atoms with van der Waals surface area (Å²) in [5.74, 6) is 3.94. The summed E-state index contributed by atoms with van der Waals surface area (Å²) < 4.78 is 0. The Balaban J connectivity index is 2.85. The third kappa shape index (κ3) is 3.31. The Morgan fingerprint density at radius 2 is 1.73 bits per heavy atom. The van der Waals surface area contributed by atoms with Gasteiger partial charge in [-0.3, -0.25) is 0 Å². The number of hydrogen-bond donors (Lipinski definition) is 3. The molecule has 0 bridgehead atoms. The van der Waals surface area contributed by atoms with Gasteiger partial charge in [0.2, 0.25) is 17.8 Å². The van der Waals surface area contributed by atoms with Crippen molar-refractivity contribution in [1.82, 2.24) is 15.0 Å². The van der Waals surface area contributed by atoms with Crippen molar-refractivity contribution in [3.8, 4) is 12.3 Å². The van der Waals surface area contributed by atoms with Crippen molar-refractivity contribution < 1.29 is 0 Å². The summed E-state index contributed by atoms with van der Waals surface area (Å²) in [5, 5.41) is 8.74. The summed E-state index contributed by atoms with van der Waals surface area (Å²) in [7, 11) is 1.75. The predicted molar refractivity (Wildman–Crippen MR) is 60.9 cm³/mol. The lowest BCUT2D eigenvalue weighted by atomic mass is 10.6. The maximum atomic E-state index is 5.13. The van der Waals surface area contributed by atoms with Crippen LogP contribution in [-0.4, -0.2) is 35.1 Å². The topological polar surface area (TPSA) is 74.8 Å². The summed E-state index contributed by atoms with van der Waals surface area (Å²) in [6.45, 7) is 3.11. The minimum atomic E-state index is 0.388. The summed E-state index contributed by atoms with van der Waals surface area (Å²) in [5.41, 5.74) is 0. The van der Waals surface area contributed by atoms with E-state index in [1.165, 1.54) is 0 Å². The molecule has 6 heteroatoms. The van der Waals surface area contributed by atoms with E-state index in [0.29, 0.717) is 24.4 Å². The van der Waals surface area contributed by atoms with Crippen LogP contribution in [0.5, 0.6) is 0 Å². The van der Waals surface area contributed by atoms with Gasteiger partial charge in [0.05, 0.1) is 6.54 Å². The molecule has 1 rings (SSSR count). The average Bonchev–Trinajstić information content (AvgIpc) is 2.26. The Labute approximate surface area is 88.9 Å². The zero-order valence-electron chi connectivity index (χ0n) is 8.83. The number of aromatic nitrogens is 3. The molecule has 0 spiro atoms. The molecule has 1 aromatic heterocycles. The highest BCUT2D eigenvalue weighted by Gasteiger charge is 2.03. The second-order valence-electron chi connectivity index (χ2n) is 2.64. The van der Waals surface area contributed by atoms with Gasteiger partial charge in [-0.2, -0.15) is 15.0 Å². The van der Waals surface area contributed by atoms with Crippen molar-refractivity contribution in [1.29, 1.82) is 0 Å². The average molecular weight is 206 g/mol.